The van der Waals surface area contributed by atoms with Gasteiger partial charge in [-0.1, -0.05) is 6.92 Å². The quantitative estimate of drug-likeness (QED) is 0.926. The molecule has 2 unspecified atom stereocenters. The number of hydrogen-bond acceptors (Lipinski definition) is 5. The molecule has 1 aliphatic heterocycles. The van der Waals surface area contributed by atoms with Gasteiger partial charge in [0.1, 0.15) is 5.82 Å². The first kappa shape index (κ1) is 13.5. The van der Waals surface area contributed by atoms with Gasteiger partial charge in [-0.2, -0.15) is 4.98 Å². The van der Waals surface area contributed by atoms with Crippen LogP contribution in [0.15, 0.2) is 10.7 Å². The normalized spacial score (nSPS) is 24.1. The van der Waals surface area contributed by atoms with Crippen LogP contribution in [-0.2, 0) is 4.74 Å². The predicted molar refractivity (Wildman–Crippen MR) is 76.1 cm³/mol. The Kier molecular flexibility index (Phi) is 4.40. The highest BCUT2D eigenvalue weighted by Gasteiger charge is 2.27. The van der Waals surface area contributed by atoms with Crippen molar-refractivity contribution in [2.24, 2.45) is 5.92 Å². The number of nitrogens with one attached hydrogen (secondary N) is 1. The van der Waals surface area contributed by atoms with E-state index in [1.54, 1.807) is 13.3 Å². The average Bonchev–Trinajstić information content (AvgIpc) is 2.40. The molecule has 0 bridgehead atoms. The van der Waals surface area contributed by atoms with E-state index in [-0.39, 0.29) is 6.10 Å². The highest BCUT2D eigenvalue weighted by atomic mass is 79.9. The van der Waals surface area contributed by atoms with Crippen molar-refractivity contribution in [3.63, 3.8) is 0 Å². The van der Waals surface area contributed by atoms with E-state index >= 15 is 0 Å². The summed E-state index contributed by atoms with van der Waals surface area (Å²) >= 11 is 3.42. The van der Waals surface area contributed by atoms with E-state index in [4.69, 9.17) is 4.74 Å². The second-order valence-electron chi connectivity index (χ2n) is 4.60. The lowest BCUT2D eigenvalue weighted by Crippen LogP contribution is -2.44. The van der Waals surface area contributed by atoms with Crippen LogP contribution >= 0.6 is 15.9 Å². The molecule has 5 nitrogen and oxygen atoms in total. The van der Waals surface area contributed by atoms with E-state index in [0.717, 1.165) is 35.7 Å². The van der Waals surface area contributed by atoms with Crippen LogP contribution in [0, 0.1) is 5.92 Å². The zero-order valence-electron chi connectivity index (χ0n) is 11.0. The Balaban J connectivity index is 2.16. The molecule has 1 N–H and O–H groups in total. The highest BCUT2D eigenvalue weighted by Crippen LogP contribution is 2.25. The summed E-state index contributed by atoms with van der Waals surface area (Å²) in [5.74, 6) is 2.16. The first-order chi connectivity index (χ1) is 8.65. The Morgan fingerprint density at radius 1 is 1.56 bits per heavy atom. The van der Waals surface area contributed by atoms with Gasteiger partial charge in [0.2, 0.25) is 5.95 Å². The fourth-order valence-corrected chi connectivity index (χ4v) is 2.60. The molecule has 0 radical (unpaired) electrons. The van der Waals surface area contributed by atoms with E-state index < -0.39 is 0 Å². The average molecular weight is 315 g/mol. The third-order valence-electron chi connectivity index (χ3n) is 3.44. The third kappa shape index (κ3) is 2.75. The van der Waals surface area contributed by atoms with Gasteiger partial charge in [-0.25, -0.2) is 4.98 Å². The van der Waals surface area contributed by atoms with Crippen molar-refractivity contribution in [3.05, 3.63) is 10.7 Å². The Hall–Kier alpha value is -0.880. The molecule has 0 aromatic carbocycles. The minimum absolute atomic E-state index is 0.254. The number of halogens is 1. The van der Waals surface area contributed by atoms with Crippen molar-refractivity contribution in [2.75, 3.05) is 37.5 Å². The van der Waals surface area contributed by atoms with Crippen molar-refractivity contribution < 1.29 is 4.74 Å². The summed E-state index contributed by atoms with van der Waals surface area (Å²) in [5, 5.41) is 3.05. The number of rotatable bonds is 3. The molecule has 0 spiro atoms. The summed E-state index contributed by atoms with van der Waals surface area (Å²) in [5.41, 5.74) is 0. The van der Waals surface area contributed by atoms with Crippen LogP contribution in [-0.4, -0.2) is 43.3 Å². The van der Waals surface area contributed by atoms with Gasteiger partial charge >= 0.3 is 0 Å². The minimum Gasteiger partial charge on any atom is -0.379 e. The SMILES string of the molecule is CNc1nc(N2CCC(C)C(OC)C2)ncc1Br. The molecular weight excluding hydrogens is 296 g/mol. The van der Waals surface area contributed by atoms with Gasteiger partial charge in [0, 0.05) is 33.4 Å². The Labute approximate surface area is 116 Å². The highest BCUT2D eigenvalue weighted by molar-refractivity contribution is 9.10. The smallest absolute Gasteiger partial charge is 0.227 e. The summed E-state index contributed by atoms with van der Waals surface area (Å²) in [4.78, 5) is 11.1. The van der Waals surface area contributed by atoms with E-state index in [0.29, 0.717) is 5.92 Å². The summed E-state index contributed by atoms with van der Waals surface area (Å²) in [6, 6.07) is 0. The molecule has 18 heavy (non-hydrogen) atoms. The van der Waals surface area contributed by atoms with Gasteiger partial charge in [-0.15, -0.1) is 0 Å². The maximum atomic E-state index is 5.51. The number of aromatic nitrogens is 2. The maximum Gasteiger partial charge on any atom is 0.227 e. The van der Waals surface area contributed by atoms with E-state index in [1.165, 1.54) is 0 Å². The number of anilines is 2. The summed E-state index contributed by atoms with van der Waals surface area (Å²) in [7, 11) is 3.62. The summed E-state index contributed by atoms with van der Waals surface area (Å²) < 4.78 is 6.39. The molecule has 2 atom stereocenters. The molecule has 1 saturated heterocycles. The van der Waals surface area contributed by atoms with Gasteiger partial charge in [0.05, 0.1) is 10.6 Å². The van der Waals surface area contributed by atoms with Crippen LogP contribution in [0.3, 0.4) is 0 Å². The molecule has 0 amide bonds. The minimum atomic E-state index is 0.254. The molecule has 1 aromatic heterocycles. The second-order valence-corrected chi connectivity index (χ2v) is 5.46. The van der Waals surface area contributed by atoms with Crippen molar-refractivity contribution in [1.29, 1.82) is 0 Å². The lowest BCUT2D eigenvalue weighted by molar-refractivity contribution is 0.0494. The molecule has 2 heterocycles. The predicted octanol–water partition coefficient (Wildman–Crippen LogP) is 2.14. The largest absolute Gasteiger partial charge is 0.379 e. The van der Waals surface area contributed by atoms with E-state index in [2.05, 4.69) is 43.0 Å². The lowest BCUT2D eigenvalue weighted by Gasteiger charge is -2.36. The van der Waals surface area contributed by atoms with E-state index in [9.17, 15) is 0 Å². The topological polar surface area (TPSA) is 50.3 Å². The number of methoxy groups -OCH3 is 1. The summed E-state index contributed by atoms with van der Waals surface area (Å²) in [6.07, 6.45) is 3.14. The Bertz CT molecular complexity index is 415. The molecule has 0 saturated carbocycles. The summed E-state index contributed by atoms with van der Waals surface area (Å²) in [6.45, 7) is 4.06. The molecule has 1 aliphatic rings. The number of nitrogens with zero attached hydrogens (tertiary/aromatic N) is 3. The van der Waals surface area contributed by atoms with Gasteiger partial charge in [-0.05, 0) is 28.3 Å². The van der Waals surface area contributed by atoms with Crippen LogP contribution in [0.1, 0.15) is 13.3 Å². The monoisotopic (exact) mass is 314 g/mol. The number of piperidine rings is 1. The maximum absolute atomic E-state index is 5.51. The number of ether oxygens (including phenoxy) is 1. The van der Waals surface area contributed by atoms with Crippen LogP contribution < -0.4 is 10.2 Å². The van der Waals surface area contributed by atoms with Gasteiger partial charge in [0.25, 0.3) is 0 Å². The first-order valence-electron chi connectivity index (χ1n) is 6.13. The van der Waals surface area contributed by atoms with Crippen molar-refractivity contribution in [2.45, 2.75) is 19.4 Å². The van der Waals surface area contributed by atoms with Crippen LogP contribution in [0.4, 0.5) is 11.8 Å². The molecule has 1 fully saturated rings. The fourth-order valence-electron chi connectivity index (χ4n) is 2.21. The van der Waals surface area contributed by atoms with Gasteiger partial charge in [-0.3, -0.25) is 0 Å². The van der Waals surface area contributed by atoms with Gasteiger partial charge in [0.15, 0.2) is 0 Å². The Morgan fingerprint density at radius 3 is 3.00 bits per heavy atom. The van der Waals surface area contributed by atoms with Gasteiger partial charge < -0.3 is 15.0 Å². The standard InChI is InChI=1S/C12H19BrN4O/c1-8-4-5-17(7-10(8)18-3)12-15-6-9(13)11(14-2)16-12/h6,8,10H,4-5,7H2,1-3H3,(H,14,15,16). The zero-order valence-corrected chi connectivity index (χ0v) is 12.6. The molecular formula is C12H19BrN4O. The van der Waals surface area contributed by atoms with Crippen LogP contribution in [0.2, 0.25) is 0 Å². The Morgan fingerprint density at radius 2 is 2.33 bits per heavy atom. The van der Waals surface area contributed by atoms with Crippen LogP contribution in [0.25, 0.3) is 0 Å². The molecule has 6 heteroatoms. The zero-order chi connectivity index (χ0) is 13.1. The molecule has 100 valence electrons. The van der Waals surface area contributed by atoms with E-state index in [1.807, 2.05) is 7.05 Å². The van der Waals surface area contributed by atoms with Crippen LogP contribution in [0.5, 0.6) is 0 Å². The van der Waals surface area contributed by atoms with Crippen molar-refractivity contribution >= 4 is 27.7 Å². The number of hydrogen-bond donors (Lipinski definition) is 1. The fraction of sp³-hybridized carbons (Fsp3) is 0.667. The van der Waals surface area contributed by atoms with Crippen molar-refractivity contribution in [1.82, 2.24) is 9.97 Å². The molecule has 2 rings (SSSR count). The molecule has 0 aliphatic carbocycles. The lowest BCUT2D eigenvalue weighted by atomic mass is 9.96. The second kappa shape index (κ2) is 5.84. The first-order valence-corrected chi connectivity index (χ1v) is 6.93. The third-order valence-corrected chi connectivity index (χ3v) is 4.02. The molecule has 1 aromatic rings. The van der Waals surface area contributed by atoms with Crippen molar-refractivity contribution in [3.8, 4) is 0 Å².